The van der Waals surface area contributed by atoms with E-state index in [9.17, 15) is 9.59 Å². The van der Waals surface area contributed by atoms with Crippen molar-refractivity contribution < 1.29 is 19.1 Å². The molecule has 2 N–H and O–H groups in total. The van der Waals surface area contributed by atoms with E-state index < -0.39 is 5.97 Å². The van der Waals surface area contributed by atoms with Gasteiger partial charge in [0.1, 0.15) is 17.1 Å². The predicted molar refractivity (Wildman–Crippen MR) is 98.8 cm³/mol. The highest BCUT2D eigenvalue weighted by molar-refractivity contribution is 6.05. The van der Waals surface area contributed by atoms with Gasteiger partial charge in [-0.25, -0.2) is 14.5 Å². The number of aromatic carboxylic acids is 1. The summed E-state index contributed by atoms with van der Waals surface area (Å²) in [6.45, 7) is 7.62. The normalized spacial score (nSPS) is 12.3. The monoisotopic (exact) mass is 370 g/mol. The molecular formula is C19H22N4O4. The first-order valence-corrected chi connectivity index (χ1v) is 8.77. The maximum absolute atomic E-state index is 12.7. The molecule has 142 valence electrons. The number of carboxylic acid groups (broad SMARTS) is 1. The van der Waals surface area contributed by atoms with Crippen molar-refractivity contribution in [3.8, 4) is 0 Å². The second-order valence-electron chi connectivity index (χ2n) is 6.57. The van der Waals surface area contributed by atoms with Crippen molar-refractivity contribution in [2.24, 2.45) is 0 Å². The highest BCUT2D eigenvalue weighted by Gasteiger charge is 2.19. The number of pyridine rings is 1. The molecule has 0 bridgehead atoms. The van der Waals surface area contributed by atoms with E-state index in [0.29, 0.717) is 28.1 Å². The summed E-state index contributed by atoms with van der Waals surface area (Å²) in [6.07, 6.45) is 2.56. The summed E-state index contributed by atoms with van der Waals surface area (Å²) < 4.78 is 7.23. The van der Waals surface area contributed by atoms with Crippen LogP contribution >= 0.6 is 0 Å². The van der Waals surface area contributed by atoms with Gasteiger partial charge >= 0.3 is 5.97 Å². The first kappa shape index (κ1) is 18.6. The lowest BCUT2D eigenvalue weighted by molar-refractivity contribution is 0.0694. The Morgan fingerprint density at radius 3 is 2.67 bits per heavy atom. The largest absolute Gasteiger partial charge is 0.478 e. The maximum atomic E-state index is 12.7. The van der Waals surface area contributed by atoms with E-state index >= 15 is 0 Å². The Morgan fingerprint density at radius 1 is 1.30 bits per heavy atom. The molecule has 1 amide bonds. The van der Waals surface area contributed by atoms with Crippen molar-refractivity contribution >= 4 is 22.9 Å². The van der Waals surface area contributed by atoms with Gasteiger partial charge in [-0.05, 0) is 39.3 Å². The first-order chi connectivity index (χ1) is 12.8. The van der Waals surface area contributed by atoms with Gasteiger partial charge < -0.3 is 14.8 Å². The number of hydrogen-bond acceptors (Lipinski definition) is 5. The third kappa shape index (κ3) is 3.55. The summed E-state index contributed by atoms with van der Waals surface area (Å²) in [4.78, 5) is 28.4. The number of nitrogens with zero attached hydrogens (tertiary/aromatic N) is 3. The van der Waals surface area contributed by atoms with Crippen molar-refractivity contribution in [1.29, 1.82) is 0 Å². The van der Waals surface area contributed by atoms with Crippen LogP contribution in [0, 0.1) is 13.8 Å². The van der Waals surface area contributed by atoms with Gasteiger partial charge in [-0.15, -0.1) is 0 Å². The quantitative estimate of drug-likeness (QED) is 0.689. The summed E-state index contributed by atoms with van der Waals surface area (Å²) >= 11 is 0. The van der Waals surface area contributed by atoms with Crippen LogP contribution in [0.4, 0.5) is 0 Å². The third-order valence-electron chi connectivity index (χ3n) is 4.57. The average molecular weight is 370 g/mol. The molecule has 27 heavy (non-hydrogen) atoms. The first-order valence-electron chi connectivity index (χ1n) is 8.77. The van der Waals surface area contributed by atoms with Crippen molar-refractivity contribution in [2.75, 3.05) is 0 Å². The Labute approximate surface area is 156 Å². The molecule has 0 aliphatic rings. The second kappa shape index (κ2) is 7.22. The number of carbonyl (C=O) groups is 2. The van der Waals surface area contributed by atoms with Gasteiger partial charge in [0.15, 0.2) is 5.65 Å². The second-order valence-corrected chi connectivity index (χ2v) is 6.57. The summed E-state index contributed by atoms with van der Waals surface area (Å²) in [5, 5.41) is 16.9. The smallest absolute Gasteiger partial charge is 0.339 e. The number of rotatable bonds is 6. The molecule has 3 rings (SSSR count). The third-order valence-corrected chi connectivity index (χ3v) is 4.57. The molecule has 0 radical (unpaired) electrons. The molecule has 0 aliphatic heterocycles. The number of fused-ring (bicyclic) bond motifs is 1. The van der Waals surface area contributed by atoms with E-state index in [1.54, 1.807) is 19.2 Å². The highest BCUT2D eigenvalue weighted by Crippen LogP contribution is 2.22. The van der Waals surface area contributed by atoms with Crippen LogP contribution in [0.1, 0.15) is 64.2 Å². The van der Waals surface area contributed by atoms with E-state index in [4.69, 9.17) is 9.52 Å². The van der Waals surface area contributed by atoms with E-state index in [1.807, 2.05) is 11.6 Å². The Kier molecular flexibility index (Phi) is 4.98. The molecule has 1 unspecified atom stereocenters. The summed E-state index contributed by atoms with van der Waals surface area (Å²) in [7, 11) is 0. The topological polar surface area (TPSA) is 110 Å². The van der Waals surface area contributed by atoms with Gasteiger partial charge in [-0.2, -0.15) is 5.10 Å². The molecule has 1 atom stereocenters. The molecule has 3 heterocycles. The zero-order valence-electron chi connectivity index (χ0n) is 15.7. The molecule has 8 nitrogen and oxygen atoms in total. The molecule has 0 aromatic carbocycles. The van der Waals surface area contributed by atoms with E-state index in [-0.39, 0.29) is 24.1 Å². The number of carboxylic acids is 1. The van der Waals surface area contributed by atoms with Crippen LogP contribution in [0.15, 0.2) is 22.7 Å². The molecule has 0 fully saturated rings. The summed E-state index contributed by atoms with van der Waals surface area (Å²) in [6, 6.07) is 3.32. The lowest BCUT2D eigenvalue weighted by atomic mass is 10.1. The predicted octanol–water partition coefficient (Wildman–Crippen LogP) is 3.24. The van der Waals surface area contributed by atoms with Crippen LogP contribution in [-0.2, 0) is 6.54 Å². The van der Waals surface area contributed by atoms with Crippen LogP contribution in [0.2, 0.25) is 0 Å². The van der Waals surface area contributed by atoms with Crippen LogP contribution in [0.25, 0.3) is 11.0 Å². The Balaban J connectivity index is 1.86. The SMILES string of the molecule is CCC(C)n1ncc2c(C(=O)NCc3cc(C(=O)O)c(C)o3)cc(C)nc21. The maximum Gasteiger partial charge on any atom is 0.339 e. The zero-order chi connectivity index (χ0) is 19.7. The number of amides is 1. The number of aryl methyl sites for hydroxylation is 2. The molecule has 0 saturated carbocycles. The van der Waals surface area contributed by atoms with Crippen LogP contribution in [-0.4, -0.2) is 31.7 Å². The fourth-order valence-electron chi connectivity index (χ4n) is 2.93. The lowest BCUT2D eigenvalue weighted by Crippen LogP contribution is -2.23. The molecule has 0 aliphatic carbocycles. The van der Waals surface area contributed by atoms with Gasteiger partial charge in [-0.1, -0.05) is 6.92 Å². The fraction of sp³-hybridized carbons (Fsp3) is 0.368. The van der Waals surface area contributed by atoms with Crippen LogP contribution < -0.4 is 5.32 Å². The number of furan rings is 1. The van der Waals surface area contributed by atoms with E-state index in [0.717, 1.165) is 12.1 Å². The number of nitrogens with one attached hydrogen (secondary N) is 1. The standard InChI is InChI=1S/C19H22N4O4/c1-5-11(3)23-17-16(9-21-23)15(6-10(2)22-17)18(24)20-8-13-7-14(19(25)26)12(4)27-13/h6-7,9,11H,5,8H2,1-4H3,(H,20,24)(H,25,26). The highest BCUT2D eigenvalue weighted by atomic mass is 16.4. The molecule has 3 aromatic heterocycles. The van der Waals surface area contributed by atoms with E-state index in [1.165, 1.54) is 6.07 Å². The van der Waals surface area contributed by atoms with Crippen molar-refractivity contribution in [3.63, 3.8) is 0 Å². The van der Waals surface area contributed by atoms with Crippen molar-refractivity contribution in [1.82, 2.24) is 20.1 Å². The minimum atomic E-state index is -1.06. The van der Waals surface area contributed by atoms with Crippen molar-refractivity contribution in [2.45, 2.75) is 46.7 Å². The van der Waals surface area contributed by atoms with Gasteiger partial charge in [0.25, 0.3) is 5.91 Å². The Hall–Kier alpha value is -3.16. The Morgan fingerprint density at radius 2 is 2.04 bits per heavy atom. The Bertz CT molecular complexity index is 1020. The van der Waals surface area contributed by atoms with Crippen molar-refractivity contribution in [3.05, 3.63) is 46.7 Å². The fourth-order valence-corrected chi connectivity index (χ4v) is 2.93. The van der Waals surface area contributed by atoms with Gasteiger partial charge in [-0.3, -0.25) is 4.79 Å². The minimum absolute atomic E-state index is 0.0926. The molecule has 0 spiro atoms. The molecule has 3 aromatic rings. The van der Waals surface area contributed by atoms with Gasteiger partial charge in [0, 0.05) is 5.69 Å². The molecule has 8 heteroatoms. The summed E-state index contributed by atoms with van der Waals surface area (Å²) in [5.41, 5.74) is 1.97. The lowest BCUT2D eigenvalue weighted by Gasteiger charge is -2.11. The van der Waals surface area contributed by atoms with Crippen LogP contribution in [0.5, 0.6) is 0 Å². The number of aromatic nitrogens is 3. The van der Waals surface area contributed by atoms with E-state index in [2.05, 4.69) is 29.2 Å². The number of carbonyl (C=O) groups excluding carboxylic acids is 1. The molecule has 0 saturated heterocycles. The van der Waals surface area contributed by atoms with Gasteiger partial charge in [0.2, 0.25) is 0 Å². The zero-order valence-corrected chi connectivity index (χ0v) is 15.7. The molecular weight excluding hydrogens is 348 g/mol. The average Bonchev–Trinajstić information content (AvgIpc) is 3.21. The minimum Gasteiger partial charge on any atom is -0.478 e. The van der Waals surface area contributed by atoms with Crippen LogP contribution in [0.3, 0.4) is 0 Å². The number of hydrogen-bond donors (Lipinski definition) is 2. The summed E-state index contributed by atoms with van der Waals surface area (Å²) in [5.74, 6) is -0.655. The van der Waals surface area contributed by atoms with Gasteiger partial charge in [0.05, 0.1) is 29.7 Å².